The Morgan fingerprint density at radius 1 is 1.22 bits per heavy atom. The van der Waals surface area contributed by atoms with E-state index in [9.17, 15) is 4.79 Å². The van der Waals surface area contributed by atoms with Crippen LogP contribution in [0.15, 0.2) is 40.9 Å². The number of hydrogen-bond donors (Lipinski definition) is 1. The van der Waals surface area contributed by atoms with Crippen LogP contribution in [0.3, 0.4) is 0 Å². The van der Waals surface area contributed by atoms with E-state index in [4.69, 9.17) is 9.47 Å². The van der Waals surface area contributed by atoms with E-state index in [1.54, 1.807) is 37.4 Å². The van der Waals surface area contributed by atoms with Gasteiger partial charge in [0.1, 0.15) is 16.3 Å². The van der Waals surface area contributed by atoms with E-state index in [1.165, 1.54) is 11.3 Å². The maximum atomic E-state index is 13.1. The predicted molar refractivity (Wildman–Crippen MR) is 103 cm³/mol. The van der Waals surface area contributed by atoms with Gasteiger partial charge in [-0.3, -0.25) is 9.36 Å². The molecule has 0 unspecified atom stereocenters. The Kier molecular flexibility index (Phi) is 4.59. The molecule has 4 aromatic rings. The number of H-pyrrole nitrogens is 1. The molecule has 0 saturated carbocycles. The number of rotatable bonds is 6. The SMILES string of the molecule is COc1ccc(-c2csc3ncn(CCc4cn[nH]n4)c(=O)c23)c(OC)c1. The molecule has 0 bridgehead atoms. The van der Waals surface area contributed by atoms with E-state index in [-0.39, 0.29) is 5.56 Å². The van der Waals surface area contributed by atoms with E-state index in [0.717, 1.165) is 16.8 Å². The molecule has 8 nitrogen and oxygen atoms in total. The summed E-state index contributed by atoms with van der Waals surface area (Å²) in [5.41, 5.74) is 2.35. The largest absolute Gasteiger partial charge is 0.497 e. The van der Waals surface area contributed by atoms with E-state index in [0.29, 0.717) is 34.7 Å². The van der Waals surface area contributed by atoms with Crippen molar-refractivity contribution >= 4 is 21.6 Å². The Balaban J connectivity index is 1.78. The first-order valence-electron chi connectivity index (χ1n) is 8.25. The van der Waals surface area contributed by atoms with Gasteiger partial charge < -0.3 is 9.47 Å². The van der Waals surface area contributed by atoms with Gasteiger partial charge in [-0.1, -0.05) is 0 Å². The number of aromatic amines is 1. The third-order valence-electron chi connectivity index (χ3n) is 4.33. The van der Waals surface area contributed by atoms with Crippen molar-refractivity contribution in [2.45, 2.75) is 13.0 Å². The van der Waals surface area contributed by atoms with Gasteiger partial charge in [-0.05, 0) is 12.1 Å². The maximum Gasteiger partial charge on any atom is 0.262 e. The zero-order valence-corrected chi connectivity index (χ0v) is 15.6. The number of hydrogen-bond acceptors (Lipinski definition) is 7. The summed E-state index contributed by atoms with van der Waals surface area (Å²) in [7, 11) is 3.20. The lowest BCUT2D eigenvalue weighted by Gasteiger charge is -2.10. The summed E-state index contributed by atoms with van der Waals surface area (Å²) >= 11 is 1.44. The van der Waals surface area contributed by atoms with Gasteiger partial charge in [-0.15, -0.1) is 11.3 Å². The van der Waals surface area contributed by atoms with Gasteiger partial charge in [-0.2, -0.15) is 15.4 Å². The first kappa shape index (κ1) is 17.2. The summed E-state index contributed by atoms with van der Waals surface area (Å²) in [6, 6.07) is 5.55. The summed E-state index contributed by atoms with van der Waals surface area (Å²) in [6.07, 6.45) is 3.82. The highest BCUT2D eigenvalue weighted by Gasteiger charge is 2.17. The minimum absolute atomic E-state index is 0.0855. The minimum atomic E-state index is -0.0855. The average Bonchev–Trinajstić information content (AvgIpc) is 3.37. The molecule has 1 aromatic carbocycles. The average molecular weight is 383 g/mol. The van der Waals surface area contributed by atoms with Crippen LogP contribution in [0.25, 0.3) is 21.3 Å². The van der Waals surface area contributed by atoms with Crippen molar-refractivity contribution in [2.75, 3.05) is 14.2 Å². The molecule has 0 fully saturated rings. The number of fused-ring (bicyclic) bond motifs is 1. The smallest absolute Gasteiger partial charge is 0.262 e. The molecule has 0 aliphatic heterocycles. The lowest BCUT2D eigenvalue weighted by Crippen LogP contribution is -2.21. The van der Waals surface area contributed by atoms with Crippen molar-refractivity contribution in [1.29, 1.82) is 0 Å². The molecule has 4 rings (SSSR count). The Bertz CT molecular complexity index is 1130. The van der Waals surface area contributed by atoms with Crippen molar-refractivity contribution in [3.63, 3.8) is 0 Å². The summed E-state index contributed by atoms with van der Waals surface area (Å²) in [4.78, 5) is 18.2. The lowest BCUT2D eigenvalue weighted by molar-refractivity contribution is 0.395. The molecule has 27 heavy (non-hydrogen) atoms. The third-order valence-corrected chi connectivity index (χ3v) is 5.22. The number of ether oxygens (including phenoxy) is 2. The van der Waals surface area contributed by atoms with Crippen molar-refractivity contribution < 1.29 is 9.47 Å². The highest BCUT2D eigenvalue weighted by molar-refractivity contribution is 7.17. The van der Waals surface area contributed by atoms with Crippen LogP contribution >= 0.6 is 11.3 Å². The molecule has 0 amide bonds. The molecule has 3 aromatic heterocycles. The van der Waals surface area contributed by atoms with E-state index in [1.807, 2.05) is 17.5 Å². The van der Waals surface area contributed by atoms with Crippen LogP contribution in [0, 0.1) is 0 Å². The monoisotopic (exact) mass is 383 g/mol. The third kappa shape index (κ3) is 3.17. The molecule has 0 spiro atoms. The van der Waals surface area contributed by atoms with Crippen LogP contribution in [0.2, 0.25) is 0 Å². The zero-order valence-electron chi connectivity index (χ0n) is 14.8. The second kappa shape index (κ2) is 7.20. The fourth-order valence-electron chi connectivity index (χ4n) is 2.93. The molecule has 0 atom stereocenters. The van der Waals surface area contributed by atoms with Gasteiger partial charge in [-0.25, -0.2) is 4.98 Å². The molecule has 0 radical (unpaired) electrons. The van der Waals surface area contributed by atoms with Crippen LogP contribution in [0.4, 0.5) is 0 Å². The molecule has 0 aliphatic carbocycles. The summed E-state index contributed by atoms with van der Waals surface area (Å²) < 4.78 is 12.4. The Labute approximate surface area is 158 Å². The summed E-state index contributed by atoms with van der Waals surface area (Å²) in [5, 5.41) is 12.9. The first-order chi connectivity index (χ1) is 13.2. The molecule has 138 valence electrons. The predicted octanol–water partition coefficient (Wildman–Crippen LogP) is 2.50. The van der Waals surface area contributed by atoms with Gasteiger partial charge in [0.15, 0.2) is 0 Å². The van der Waals surface area contributed by atoms with Gasteiger partial charge >= 0.3 is 0 Å². The van der Waals surface area contributed by atoms with E-state index < -0.39 is 0 Å². The highest BCUT2D eigenvalue weighted by Crippen LogP contribution is 2.38. The van der Waals surface area contributed by atoms with Crippen LogP contribution < -0.4 is 15.0 Å². The highest BCUT2D eigenvalue weighted by atomic mass is 32.1. The Hall–Kier alpha value is -3.20. The van der Waals surface area contributed by atoms with Crippen LogP contribution in [-0.2, 0) is 13.0 Å². The molecule has 3 heterocycles. The fraction of sp³-hybridized carbons (Fsp3) is 0.222. The summed E-state index contributed by atoms with van der Waals surface area (Å²) in [6.45, 7) is 0.476. The zero-order chi connectivity index (χ0) is 18.8. The Morgan fingerprint density at radius 2 is 2.11 bits per heavy atom. The Morgan fingerprint density at radius 3 is 2.85 bits per heavy atom. The second-order valence-corrected chi connectivity index (χ2v) is 6.71. The molecular weight excluding hydrogens is 366 g/mol. The van der Waals surface area contributed by atoms with E-state index in [2.05, 4.69) is 20.4 Å². The van der Waals surface area contributed by atoms with Crippen molar-refractivity contribution in [1.82, 2.24) is 25.0 Å². The number of thiophene rings is 1. The topological polar surface area (TPSA) is 94.9 Å². The quantitative estimate of drug-likeness (QED) is 0.550. The van der Waals surface area contributed by atoms with Crippen LogP contribution in [-0.4, -0.2) is 39.2 Å². The molecule has 0 saturated heterocycles. The number of nitrogens with zero attached hydrogens (tertiary/aromatic N) is 4. The number of benzene rings is 1. The maximum absolute atomic E-state index is 13.1. The molecular formula is C18H17N5O3S. The van der Waals surface area contributed by atoms with Gasteiger partial charge in [0.2, 0.25) is 0 Å². The van der Waals surface area contributed by atoms with Crippen molar-refractivity contribution in [3.05, 3.63) is 52.2 Å². The lowest BCUT2D eigenvalue weighted by atomic mass is 10.0. The van der Waals surface area contributed by atoms with Gasteiger partial charge in [0.25, 0.3) is 5.56 Å². The van der Waals surface area contributed by atoms with Crippen molar-refractivity contribution in [2.24, 2.45) is 0 Å². The van der Waals surface area contributed by atoms with Crippen LogP contribution in [0.1, 0.15) is 5.69 Å². The number of nitrogens with one attached hydrogen (secondary N) is 1. The number of methoxy groups -OCH3 is 2. The van der Waals surface area contributed by atoms with Gasteiger partial charge in [0.05, 0.1) is 37.8 Å². The van der Waals surface area contributed by atoms with E-state index >= 15 is 0 Å². The minimum Gasteiger partial charge on any atom is -0.497 e. The molecule has 0 aliphatic rings. The standard InChI is InChI=1S/C18H17N5O3S/c1-25-12-3-4-13(15(7-12)26-2)14-9-27-17-16(14)18(24)23(10-19-17)6-5-11-8-20-22-21-11/h3-4,7-10H,5-6H2,1-2H3,(H,20,21,22). The van der Waals surface area contributed by atoms with Crippen molar-refractivity contribution in [3.8, 4) is 22.6 Å². The first-order valence-corrected chi connectivity index (χ1v) is 9.13. The second-order valence-electron chi connectivity index (χ2n) is 5.85. The number of aromatic nitrogens is 5. The number of aryl methyl sites for hydroxylation is 2. The molecule has 9 heteroatoms. The fourth-order valence-corrected chi connectivity index (χ4v) is 3.82. The summed E-state index contributed by atoms with van der Waals surface area (Å²) in [5.74, 6) is 1.34. The van der Waals surface area contributed by atoms with Crippen LogP contribution in [0.5, 0.6) is 11.5 Å². The van der Waals surface area contributed by atoms with Gasteiger partial charge in [0, 0.05) is 35.5 Å². The molecule has 1 N–H and O–H groups in total. The normalized spacial score (nSPS) is 11.0.